The average molecular weight is 274 g/mol. The molecule has 0 saturated carbocycles. The summed E-state index contributed by atoms with van der Waals surface area (Å²) in [5.74, 6) is 0.0276. The number of hydrogen-bond acceptors (Lipinski definition) is 3. The first-order chi connectivity index (χ1) is 8.25. The van der Waals surface area contributed by atoms with Gasteiger partial charge in [-0.3, -0.25) is 4.79 Å². The van der Waals surface area contributed by atoms with Crippen molar-refractivity contribution >= 4 is 23.8 Å². The van der Waals surface area contributed by atoms with E-state index in [9.17, 15) is 9.59 Å². The predicted octanol–water partition coefficient (Wildman–Crippen LogP) is 1.63. The van der Waals surface area contributed by atoms with Gasteiger partial charge in [0.05, 0.1) is 5.41 Å². The summed E-state index contributed by atoms with van der Waals surface area (Å²) in [5.41, 5.74) is -0.935. The van der Waals surface area contributed by atoms with Crippen LogP contribution in [0.1, 0.15) is 27.7 Å². The van der Waals surface area contributed by atoms with E-state index in [0.29, 0.717) is 5.25 Å². The van der Waals surface area contributed by atoms with E-state index in [-0.39, 0.29) is 18.6 Å². The summed E-state index contributed by atoms with van der Waals surface area (Å²) in [4.78, 5) is 24.8. The summed E-state index contributed by atoms with van der Waals surface area (Å²) >= 11 is 1.86. The van der Waals surface area contributed by atoms with Gasteiger partial charge >= 0.3 is 12.0 Å². The zero-order chi connectivity index (χ0) is 13.9. The highest BCUT2D eigenvalue weighted by molar-refractivity contribution is 8.00. The monoisotopic (exact) mass is 274 g/mol. The number of carbonyl (C=O) groups is 2. The van der Waals surface area contributed by atoms with Gasteiger partial charge in [0.2, 0.25) is 0 Å². The van der Waals surface area contributed by atoms with E-state index in [1.165, 1.54) is 0 Å². The van der Waals surface area contributed by atoms with Crippen molar-refractivity contribution in [3.63, 3.8) is 0 Å². The Morgan fingerprint density at radius 1 is 1.44 bits per heavy atom. The molecule has 1 heterocycles. The van der Waals surface area contributed by atoms with Crippen molar-refractivity contribution in [1.29, 1.82) is 0 Å². The maximum atomic E-state index is 12.0. The van der Waals surface area contributed by atoms with Crippen LogP contribution in [0.3, 0.4) is 0 Å². The van der Waals surface area contributed by atoms with Crippen molar-refractivity contribution in [2.24, 2.45) is 5.41 Å². The molecule has 2 atom stereocenters. The second kappa shape index (κ2) is 5.82. The highest BCUT2D eigenvalue weighted by Gasteiger charge is 2.32. The summed E-state index contributed by atoms with van der Waals surface area (Å²) in [5, 5.41) is 12.1. The highest BCUT2D eigenvalue weighted by Crippen LogP contribution is 2.24. The lowest BCUT2D eigenvalue weighted by Crippen LogP contribution is -2.53. The molecule has 5 nitrogen and oxygen atoms in total. The smallest absolute Gasteiger partial charge is 0.317 e. The van der Waals surface area contributed by atoms with Gasteiger partial charge in [-0.2, -0.15) is 11.8 Å². The Hall–Kier alpha value is -0.910. The maximum absolute atomic E-state index is 12.0. The number of nitrogens with zero attached hydrogens (tertiary/aromatic N) is 1. The van der Waals surface area contributed by atoms with Gasteiger partial charge in [-0.05, 0) is 20.8 Å². The van der Waals surface area contributed by atoms with E-state index in [1.807, 2.05) is 18.7 Å². The van der Waals surface area contributed by atoms with E-state index in [1.54, 1.807) is 18.7 Å². The van der Waals surface area contributed by atoms with E-state index < -0.39 is 11.4 Å². The van der Waals surface area contributed by atoms with Crippen molar-refractivity contribution in [1.82, 2.24) is 10.2 Å². The van der Waals surface area contributed by atoms with Crippen molar-refractivity contribution < 1.29 is 14.7 Å². The van der Waals surface area contributed by atoms with Gasteiger partial charge in [0.25, 0.3) is 0 Å². The third kappa shape index (κ3) is 3.54. The molecule has 0 spiro atoms. The molecule has 0 aromatic carbocycles. The lowest BCUT2D eigenvalue weighted by Gasteiger charge is -2.37. The van der Waals surface area contributed by atoms with E-state index >= 15 is 0 Å². The van der Waals surface area contributed by atoms with Crippen molar-refractivity contribution in [2.75, 3.05) is 18.8 Å². The highest BCUT2D eigenvalue weighted by atomic mass is 32.2. The van der Waals surface area contributed by atoms with Crippen LogP contribution in [0.2, 0.25) is 0 Å². The van der Waals surface area contributed by atoms with Crippen LogP contribution in [0.25, 0.3) is 0 Å². The molecule has 1 aliphatic heterocycles. The Labute approximate surface area is 112 Å². The van der Waals surface area contributed by atoms with Crippen molar-refractivity contribution in [3.05, 3.63) is 0 Å². The average Bonchev–Trinajstić information content (AvgIpc) is 2.29. The van der Waals surface area contributed by atoms with Crippen LogP contribution in [0.5, 0.6) is 0 Å². The van der Waals surface area contributed by atoms with Crippen LogP contribution in [0.15, 0.2) is 0 Å². The second-order valence-electron chi connectivity index (χ2n) is 5.36. The zero-order valence-corrected chi connectivity index (χ0v) is 12.2. The van der Waals surface area contributed by atoms with Crippen LogP contribution in [0, 0.1) is 5.41 Å². The molecule has 0 aliphatic carbocycles. The lowest BCUT2D eigenvalue weighted by atomic mass is 9.94. The van der Waals surface area contributed by atoms with E-state index in [4.69, 9.17) is 5.11 Å². The zero-order valence-electron chi connectivity index (χ0n) is 11.4. The van der Waals surface area contributed by atoms with Crippen molar-refractivity contribution in [2.45, 2.75) is 39.0 Å². The standard InChI is InChI=1S/C12H22N2O3S/c1-8-9(2)18-6-5-14(8)11(17)13-7-12(3,4)10(15)16/h8-9H,5-7H2,1-4H3,(H,13,17)(H,15,16). The number of hydrogen-bond donors (Lipinski definition) is 2. The number of aliphatic carboxylic acids is 1. The Morgan fingerprint density at radius 3 is 2.61 bits per heavy atom. The number of carboxylic acids is 1. The first kappa shape index (κ1) is 15.1. The summed E-state index contributed by atoms with van der Waals surface area (Å²) < 4.78 is 0. The molecule has 2 amide bonds. The second-order valence-corrected chi connectivity index (χ2v) is 6.84. The predicted molar refractivity (Wildman–Crippen MR) is 72.9 cm³/mol. The number of carbonyl (C=O) groups excluding carboxylic acids is 1. The molecule has 1 fully saturated rings. The number of thioether (sulfide) groups is 1. The fraction of sp³-hybridized carbons (Fsp3) is 0.833. The first-order valence-electron chi connectivity index (χ1n) is 6.15. The summed E-state index contributed by atoms with van der Waals surface area (Å²) in [6, 6.07) is 0.0145. The molecule has 1 saturated heterocycles. The Bertz CT molecular complexity index is 333. The minimum atomic E-state index is -0.935. The summed E-state index contributed by atoms with van der Waals surface area (Å²) in [6.07, 6.45) is 0. The topological polar surface area (TPSA) is 69.6 Å². The fourth-order valence-corrected chi connectivity index (χ4v) is 2.79. The van der Waals surface area contributed by atoms with Crippen LogP contribution >= 0.6 is 11.8 Å². The minimum Gasteiger partial charge on any atom is -0.481 e. The van der Waals surface area contributed by atoms with E-state index in [0.717, 1.165) is 12.3 Å². The molecule has 0 aromatic rings. The molecule has 1 aliphatic rings. The minimum absolute atomic E-state index is 0.145. The number of nitrogens with one attached hydrogen (secondary N) is 1. The lowest BCUT2D eigenvalue weighted by molar-refractivity contribution is -0.146. The van der Waals surface area contributed by atoms with Gasteiger partial charge in [0.1, 0.15) is 0 Å². The summed E-state index contributed by atoms with van der Waals surface area (Å²) in [6.45, 7) is 8.21. The first-order valence-corrected chi connectivity index (χ1v) is 7.20. The summed E-state index contributed by atoms with van der Waals surface area (Å²) in [7, 11) is 0. The molecule has 0 aromatic heterocycles. The van der Waals surface area contributed by atoms with E-state index in [2.05, 4.69) is 12.2 Å². The van der Waals surface area contributed by atoms with Gasteiger partial charge in [-0.1, -0.05) is 6.92 Å². The third-order valence-electron chi connectivity index (χ3n) is 3.41. The molecule has 104 valence electrons. The Kier molecular flexibility index (Phi) is 4.90. The largest absolute Gasteiger partial charge is 0.481 e. The number of urea groups is 1. The van der Waals surface area contributed by atoms with Crippen LogP contribution in [-0.2, 0) is 4.79 Å². The molecule has 2 unspecified atom stereocenters. The SMILES string of the molecule is CC1SCCN(C(=O)NCC(C)(C)C(=O)O)C1C. The molecule has 2 N–H and O–H groups in total. The number of rotatable bonds is 3. The van der Waals surface area contributed by atoms with Crippen molar-refractivity contribution in [3.8, 4) is 0 Å². The molecular formula is C12H22N2O3S. The molecule has 1 rings (SSSR count). The molecule has 18 heavy (non-hydrogen) atoms. The van der Waals surface area contributed by atoms with Gasteiger partial charge in [-0.15, -0.1) is 0 Å². The molecule has 0 bridgehead atoms. The van der Waals surface area contributed by atoms with Gasteiger partial charge in [0, 0.05) is 30.1 Å². The number of carboxylic acid groups (broad SMARTS) is 1. The number of amides is 2. The quantitative estimate of drug-likeness (QED) is 0.820. The van der Waals surface area contributed by atoms with Gasteiger partial charge in [0.15, 0.2) is 0 Å². The van der Waals surface area contributed by atoms with Crippen LogP contribution in [-0.4, -0.2) is 52.1 Å². The fourth-order valence-electron chi connectivity index (χ4n) is 1.69. The van der Waals surface area contributed by atoms with Crippen LogP contribution < -0.4 is 5.32 Å². The van der Waals surface area contributed by atoms with Gasteiger partial charge < -0.3 is 15.3 Å². The third-order valence-corrected chi connectivity index (χ3v) is 4.74. The molecule has 6 heteroatoms. The Morgan fingerprint density at radius 2 is 2.06 bits per heavy atom. The molecular weight excluding hydrogens is 252 g/mol. The normalized spacial score (nSPS) is 24.8. The molecule has 0 radical (unpaired) electrons. The van der Waals surface area contributed by atoms with Crippen LogP contribution in [0.4, 0.5) is 4.79 Å². The van der Waals surface area contributed by atoms with Gasteiger partial charge in [-0.25, -0.2) is 4.79 Å². The Balaban J connectivity index is 2.53. The maximum Gasteiger partial charge on any atom is 0.317 e.